The fourth-order valence-corrected chi connectivity index (χ4v) is 3.63. The van der Waals surface area contributed by atoms with Crippen molar-refractivity contribution in [1.29, 1.82) is 0 Å². The molecule has 0 fully saturated rings. The summed E-state index contributed by atoms with van der Waals surface area (Å²) >= 11 is 0. The molecule has 0 bridgehead atoms. The molecule has 0 spiro atoms. The number of ether oxygens (including phenoxy) is 1. The monoisotopic (exact) mass is 495 g/mol. The molecule has 34 heavy (non-hydrogen) atoms. The fraction of sp³-hybridized carbons (Fsp3) is 0.200. The van der Waals surface area contributed by atoms with Crippen molar-refractivity contribution in [3.8, 4) is 11.5 Å². The molecule has 4 heteroatoms. The first-order chi connectivity index (χ1) is 16.1. The maximum absolute atomic E-state index is 9.68. The van der Waals surface area contributed by atoms with Crippen molar-refractivity contribution < 1.29 is 26.9 Å². The molecule has 0 aromatic heterocycles. The third-order valence-electron chi connectivity index (χ3n) is 5.33. The van der Waals surface area contributed by atoms with Crippen molar-refractivity contribution >= 4 is 11.1 Å². The van der Waals surface area contributed by atoms with E-state index < -0.39 is 0 Å². The van der Waals surface area contributed by atoms with Crippen LogP contribution in [0.15, 0.2) is 103 Å². The zero-order chi connectivity index (χ0) is 23.5. The molecule has 0 radical (unpaired) electrons. The van der Waals surface area contributed by atoms with Gasteiger partial charge in [0, 0.05) is 23.6 Å². The van der Waals surface area contributed by atoms with Crippen LogP contribution in [-0.4, -0.2) is 37.3 Å². The third-order valence-corrected chi connectivity index (χ3v) is 5.33. The summed E-state index contributed by atoms with van der Waals surface area (Å²) in [5.74, 6) is 1.17. The van der Waals surface area contributed by atoms with E-state index in [-0.39, 0.29) is 22.8 Å². The van der Waals surface area contributed by atoms with Crippen LogP contribution in [0, 0.1) is 0 Å². The van der Waals surface area contributed by atoms with Crippen molar-refractivity contribution in [2.24, 2.45) is 0 Å². The Morgan fingerprint density at radius 1 is 0.853 bits per heavy atom. The van der Waals surface area contributed by atoms with Crippen LogP contribution in [0.1, 0.15) is 30.0 Å². The van der Waals surface area contributed by atoms with E-state index in [4.69, 9.17) is 4.74 Å². The molecule has 0 amide bonds. The normalized spacial score (nSPS) is 11.2. The molecular formula is C30H33FeNO2-6. The van der Waals surface area contributed by atoms with Gasteiger partial charge < -0.3 is 45.1 Å². The second-order valence-electron chi connectivity index (χ2n) is 8.07. The van der Waals surface area contributed by atoms with Crippen LogP contribution in [0.25, 0.3) is 11.1 Å². The SMILES string of the molecule is CCC(=C(c1ccc(O)cc1)[c-]1cccc1)c1ccc(OCCN(C)C)cc1.[Fe].[cH-]1[cH-][cH-][cH-][cH-]1. The number of likely N-dealkylation sites (N-methyl/N-ethyl adjacent to an activating group) is 1. The molecule has 0 saturated heterocycles. The van der Waals surface area contributed by atoms with E-state index in [9.17, 15) is 5.11 Å². The summed E-state index contributed by atoms with van der Waals surface area (Å²) in [5.41, 5.74) is 5.96. The smallest absolute Gasteiger partial charge is 0.119 e. The summed E-state index contributed by atoms with van der Waals surface area (Å²) in [4.78, 5) is 2.11. The molecule has 4 aromatic carbocycles. The van der Waals surface area contributed by atoms with Gasteiger partial charge in [0.1, 0.15) is 18.1 Å². The third kappa shape index (κ3) is 8.07. The maximum atomic E-state index is 9.68. The number of aromatic hydroxyl groups is 1. The summed E-state index contributed by atoms with van der Waals surface area (Å²) in [5, 5.41) is 9.68. The minimum Gasteiger partial charge on any atom is -0.748 e. The Labute approximate surface area is 214 Å². The molecule has 0 heterocycles. The van der Waals surface area contributed by atoms with Gasteiger partial charge in [-0.3, -0.25) is 0 Å². The number of phenols is 1. The van der Waals surface area contributed by atoms with Crippen molar-refractivity contribution in [3.05, 3.63) is 120 Å². The largest absolute Gasteiger partial charge is 0.748 e. The van der Waals surface area contributed by atoms with Crippen LogP contribution < -0.4 is 4.74 Å². The second-order valence-corrected chi connectivity index (χ2v) is 8.07. The Hall–Kier alpha value is -3.04. The molecule has 0 atom stereocenters. The Balaban J connectivity index is 0.000000603. The second kappa shape index (κ2) is 14.3. The molecule has 0 aliphatic carbocycles. The van der Waals surface area contributed by atoms with E-state index in [1.165, 1.54) is 22.3 Å². The number of nitrogens with zero attached hydrogens (tertiary/aromatic N) is 1. The molecule has 0 unspecified atom stereocenters. The van der Waals surface area contributed by atoms with E-state index in [1.807, 2.05) is 68.7 Å². The minimum absolute atomic E-state index is 0. The van der Waals surface area contributed by atoms with Gasteiger partial charge in [-0.05, 0) is 38.4 Å². The first kappa shape index (κ1) is 27.2. The topological polar surface area (TPSA) is 32.7 Å². The molecule has 4 aromatic rings. The average Bonchev–Trinajstić information content (AvgIpc) is 3.56. The summed E-state index contributed by atoms with van der Waals surface area (Å²) in [6.45, 7) is 3.75. The van der Waals surface area contributed by atoms with Crippen LogP contribution in [0.4, 0.5) is 0 Å². The predicted molar refractivity (Wildman–Crippen MR) is 139 cm³/mol. The van der Waals surface area contributed by atoms with Crippen LogP contribution >= 0.6 is 0 Å². The van der Waals surface area contributed by atoms with Gasteiger partial charge >= 0.3 is 0 Å². The van der Waals surface area contributed by atoms with Gasteiger partial charge in [-0.2, -0.15) is 12.1 Å². The Morgan fingerprint density at radius 2 is 1.38 bits per heavy atom. The average molecular weight is 495 g/mol. The standard InChI is InChI=1S/C25H28NO2.C5H5.Fe/c1-4-24(19-11-15-23(16-12-19)28-18-17-26(2)3)25(20-7-5-6-8-20)21-9-13-22(27)14-10-21;1-2-4-5-3-1;/h5-16,27H,4,17-18H2,1-3H3;1-5H;/q-1;-5;. The number of hydrogen-bond donors (Lipinski definition) is 1. The van der Waals surface area contributed by atoms with E-state index in [2.05, 4.69) is 48.2 Å². The molecular weight excluding hydrogens is 462 g/mol. The van der Waals surface area contributed by atoms with E-state index >= 15 is 0 Å². The van der Waals surface area contributed by atoms with Crippen molar-refractivity contribution in [3.63, 3.8) is 0 Å². The van der Waals surface area contributed by atoms with Crippen molar-refractivity contribution in [2.45, 2.75) is 13.3 Å². The fourth-order valence-electron chi connectivity index (χ4n) is 3.63. The summed E-state index contributed by atoms with van der Waals surface area (Å²) in [6.07, 6.45) is 0.905. The van der Waals surface area contributed by atoms with Crippen LogP contribution in [-0.2, 0) is 17.1 Å². The van der Waals surface area contributed by atoms with Gasteiger partial charge in [0.05, 0.1) is 0 Å². The molecule has 4 rings (SSSR count). The minimum atomic E-state index is 0. The molecule has 184 valence electrons. The van der Waals surface area contributed by atoms with Gasteiger partial charge in [-0.1, -0.05) is 59.9 Å². The molecule has 1 N–H and O–H groups in total. The molecule has 0 saturated carbocycles. The Kier molecular flexibility index (Phi) is 11.4. The van der Waals surface area contributed by atoms with Gasteiger partial charge in [0.2, 0.25) is 0 Å². The van der Waals surface area contributed by atoms with Gasteiger partial charge in [0.15, 0.2) is 0 Å². The Bertz CT molecular complexity index is 1060. The zero-order valence-corrected chi connectivity index (χ0v) is 21.2. The maximum Gasteiger partial charge on any atom is 0.119 e. The van der Waals surface area contributed by atoms with E-state index in [1.54, 1.807) is 12.1 Å². The van der Waals surface area contributed by atoms with Gasteiger partial charge in [-0.15, -0.1) is 17.7 Å². The first-order valence-corrected chi connectivity index (χ1v) is 11.4. The number of rotatable bonds is 8. The van der Waals surface area contributed by atoms with Crippen LogP contribution in [0.2, 0.25) is 0 Å². The van der Waals surface area contributed by atoms with Crippen LogP contribution in [0.5, 0.6) is 11.5 Å². The van der Waals surface area contributed by atoms with Gasteiger partial charge in [0.25, 0.3) is 0 Å². The van der Waals surface area contributed by atoms with E-state index in [0.29, 0.717) is 6.61 Å². The predicted octanol–water partition coefficient (Wildman–Crippen LogP) is 6.82. The first-order valence-electron chi connectivity index (χ1n) is 11.4. The number of phenolic OH excluding ortho intramolecular Hbond substituents is 1. The van der Waals surface area contributed by atoms with Gasteiger partial charge in [-0.25, -0.2) is 0 Å². The number of benzene rings is 2. The van der Waals surface area contributed by atoms with Crippen LogP contribution in [0.3, 0.4) is 0 Å². The molecule has 3 nitrogen and oxygen atoms in total. The van der Waals surface area contributed by atoms with Crippen molar-refractivity contribution in [2.75, 3.05) is 27.2 Å². The van der Waals surface area contributed by atoms with Crippen molar-refractivity contribution in [1.82, 2.24) is 4.90 Å². The number of hydrogen-bond acceptors (Lipinski definition) is 3. The molecule has 0 aliphatic heterocycles. The summed E-state index contributed by atoms with van der Waals surface area (Å²) in [7, 11) is 4.08. The van der Waals surface area contributed by atoms with E-state index in [0.717, 1.165) is 24.3 Å². The Morgan fingerprint density at radius 3 is 1.88 bits per heavy atom. The number of allylic oxidation sites excluding steroid dienone is 1. The zero-order valence-electron chi connectivity index (χ0n) is 20.1. The summed E-state index contributed by atoms with van der Waals surface area (Å²) < 4.78 is 5.83. The summed E-state index contributed by atoms with van der Waals surface area (Å²) in [6, 6.07) is 34.2. The quantitative estimate of drug-likeness (QED) is 0.165. The molecule has 0 aliphatic rings.